The average molecular weight is 156 g/mol. The zero-order chi connectivity index (χ0) is 7.40. The van der Waals surface area contributed by atoms with Gasteiger partial charge >= 0.3 is 0 Å². The average Bonchev–Trinajstić information content (AvgIpc) is 2.38. The number of aldehydes is 1. The van der Waals surface area contributed by atoms with Crippen molar-refractivity contribution in [3.63, 3.8) is 0 Å². The van der Waals surface area contributed by atoms with Crippen molar-refractivity contribution in [2.24, 2.45) is 5.73 Å². The molecule has 0 aromatic carbocycles. The van der Waals surface area contributed by atoms with Crippen LogP contribution in [0.1, 0.15) is 17.5 Å². The van der Waals surface area contributed by atoms with E-state index >= 15 is 0 Å². The third-order valence-electron chi connectivity index (χ3n) is 1.12. The van der Waals surface area contributed by atoms with Crippen LogP contribution in [0.3, 0.4) is 0 Å². The van der Waals surface area contributed by atoms with Gasteiger partial charge in [-0.25, -0.2) is 4.98 Å². The molecule has 0 bridgehead atoms. The minimum Gasteiger partial charge on any atom is -0.322 e. The van der Waals surface area contributed by atoms with Gasteiger partial charge in [-0.2, -0.15) is 0 Å². The monoisotopic (exact) mass is 156 g/mol. The van der Waals surface area contributed by atoms with E-state index in [-0.39, 0.29) is 6.04 Å². The van der Waals surface area contributed by atoms with Gasteiger partial charge in [-0.1, -0.05) is 0 Å². The van der Waals surface area contributed by atoms with Crippen molar-refractivity contribution >= 4 is 17.6 Å². The normalized spacial score (nSPS) is 12.9. The fraction of sp³-hybridized carbons (Fsp3) is 0.333. The summed E-state index contributed by atoms with van der Waals surface area (Å²) in [4.78, 5) is 14.0. The minimum absolute atomic E-state index is 0.211. The molecule has 0 fully saturated rings. The summed E-state index contributed by atoms with van der Waals surface area (Å²) in [6.07, 6.45) is 2.85. The number of carbonyl (C=O) groups is 1. The highest BCUT2D eigenvalue weighted by molar-refractivity contribution is 7.09. The molecule has 0 amide bonds. The van der Waals surface area contributed by atoms with Gasteiger partial charge in [-0.05, 0) is 0 Å². The zero-order valence-corrected chi connectivity index (χ0v) is 6.17. The number of carbonyl (C=O) groups excluding carboxylic acids is 1. The zero-order valence-electron chi connectivity index (χ0n) is 5.36. The summed E-state index contributed by atoms with van der Waals surface area (Å²) in [5, 5.41) is 2.67. The van der Waals surface area contributed by atoms with E-state index < -0.39 is 0 Å². The predicted octanol–water partition coefficient (Wildman–Crippen LogP) is 0.732. The van der Waals surface area contributed by atoms with Crippen LogP contribution < -0.4 is 5.73 Å². The number of thiazole rings is 1. The SMILES string of the molecule is NC(CC=O)c1nccs1. The lowest BCUT2D eigenvalue weighted by molar-refractivity contribution is -0.108. The van der Waals surface area contributed by atoms with Gasteiger partial charge in [-0.15, -0.1) is 11.3 Å². The third kappa shape index (κ3) is 1.62. The van der Waals surface area contributed by atoms with Crippen LogP contribution in [0.25, 0.3) is 0 Å². The lowest BCUT2D eigenvalue weighted by Crippen LogP contribution is -2.09. The van der Waals surface area contributed by atoms with Crippen LogP contribution in [0.15, 0.2) is 11.6 Å². The van der Waals surface area contributed by atoms with Crippen molar-refractivity contribution in [3.05, 3.63) is 16.6 Å². The molecule has 0 radical (unpaired) electrons. The Morgan fingerprint density at radius 3 is 3.20 bits per heavy atom. The highest BCUT2D eigenvalue weighted by Crippen LogP contribution is 2.14. The summed E-state index contributed by atoms with van der Waals surface area (Å²) >= 11 is 1.48. The largest absolute Gasteiger partial charge is 0.322 e. The summed E-state index contributed by atoms with van der Waals surface area (Å²) < 4.78 is 0. The molecule has 0 aliphatic carbocycles. The highest BCUT2D eigenvalue weighted by atomic mass is 32.1. The van der Waals surface area contributed by atoms with E-state index in [0.717, 1.165) is 11.3 Å². The number of aromatic nitrogens is 1. The fourth-order valence-corrected chi connectivity index (χ4v) is 1.28. The first-order chi connectivity index (χ1) is 4.84. The fourth-order valence-electron chi connectivity index (χ4n) is 0.622. The molecule has 1 rings (SSSR count). The lowest BCUT2D eigenvalue weighted by atomic mass is 10.2. The molecule has 0 saturated carbocycles. The van der Waals surface area contributed by atoms with Crippen LogP contribution in [0.5, 0.6) is 0 Å². The van der Waals surface area contributed by atoms with Crippen molar-refractivity contribution < 1.29 is 4.79 Å². The maximum absolute atomic E-state index is 10.0. The predicted molar refractivity (Wildman–Crippen MR) is 39.7 cm³/mol. The molecule has 3 nitrogen and oxygen atoms in total. The quantitative estimate of drug-likeness (QED) is 0.656. The van der Waals surface area contributed by atoms with Crippen molar-refractivity contribution in [2.75, 3.05) is 0 Å². The van der Waals surface area contributed by atoms with Gasteiger partial charge in [0.15, 0.2) is 0 Å². The molecule has 1 aromatic rings. The molecule has 1 atom stereocenters. The van der Waals surface area contributed by atoms with Crippen LogP contribution in [-0.2, 0) is 4.79 Å². The number of hydrogen-bond donors (Lipinski definition) is 1. The molecule has 4 heteroatoms. The molecule has 0 aliphatic heterocycles. The van der Waals surface area contributed by atoms with Crippen molar-refractivity contribution in [3.8, 4) is 0 Å². The lowest BCUT2D eigenvalue weighted by Gasteiger charge is -2.00. The second-order valence-corrected chi connectivity index (χ2v) is 2.81. The summed E-state index contributed by atoms with van der Waals surface area (Å²) in [5.41, 5.74) is 5.57. The van der Waals surface area contributed by atoms with E-state index in [0.29, 0.717) is 6.42 Å². The number of nitrogens with two attached hydrogens (primary N) is 1. The van der Waals surface area contributed by atoms with E-state index in [4.69, 9.17) is 5.73 Å². The van der Waals surface area contributed by atoms with Gasteiger partial charge < -0.3 is 10.5 Å². The first-order valence-electron chi connectivity index (χ1n) is 2.93. The standard InChI is InChI=1S/C6H8N2OS/c7-5(1-3-9)6-8-2-4-10-6/h2-5H,1,7H2. The smallest absolute Gasteiger partial charge is 0.121 e. The summed E-state index contributed by atoms with van der Waals surface area (Å²) in [7, 11) is 0. The molecule has 1 unspecified atom stereocenters. The Hall–Kier alpha value is -0.740. The second kappa shape index (κ2) is 3.43. The van der Waals surface area contributed by atoms with Crippen LogP contribution in [-0.4, -0.2) is 11.3 Å². The van der Waals surface area contributed by atoms with Gasteiger partial charge in [0.05, 0.1) is 6.04 Å². The Labute approximate surface area is 62.9 Å². The molecule has 1 heterocycles. The summed E-state index contributed by atoms with van der Waals surface area (Å²) in [6.45, 7) is 0. The molecule has 0 saturated heterocycles. The molecule has 0 spiro atoms. The minimum atomic E-state index is -0.211. The third-order valence-corrected chi connectivity index (χ3v) is 2.03. The van der Waals surface area contributed by atoms with Gasteiger partial charge in [0.2, 0.25) is 0 Å². The molecule has 2 N–H and O–H groups in total. The molecule has 1 aromatic heterocycles. The molecule has 54 valence electrons. The maximum atomic E-state index is 10.0. The number of rotatable bonds is 3. The summed E-state index contributed by atoms with van der Waals surface area (Å²) in [6, 6.07) is -0.211. The highest BCUT2D eigenvalue weighted by Gasteiger charge is 2.05. The Morgan fingerprint density at radius 2 is 2.70 bits per heavy atom. The van der Waals surface area contributed by atoms with Crippen LogP contribution in [0.2, 0.25) is 0 Å². The van der Waals surface area contributed by atoms with Gasteiger partial charge in [0, 0.05) is 18.0 Å². The van der Waals surface area contributed by atoms with Crippen LogP contribution in [0.4, 0.5) is 0 Å². The number of hydrogen-bond acceptors (Lipinski definition) is 4. The Kier molecular flexibility index (Phi) is 2.53. The Balaban J connectivity index is 2.58. The van der Waals surface area contributed by atoms with E-state index in [1.807, 2.05) is 5.38 Å². The van der Waals surface area contributed by atoms with Crippen molar-refractivity contribution in [2.45, 2.75) is 12.5 Å². The molecular formula is C6H8N2OS. The molecule has 0 aliphatic rings. The van der Waals surface area contributed by atoms with Crippen LogP contribution >= 0.6 is 11.3 Å². The Bertz CT molecular complexity index is 198. The first-order valence-corrected chi connectivity index (χ1v) is 3.81. The van der Waals surface area contributed by atoms with Crippen molar-refractivity contribution in [1.82, 2.24) is 4.98 Å². The maximum Gasteiger partial charge on any atom is 0.121 e. The first kappa shape index (κ1) is 7.37. The van der Waals surface area contributed by atoms with Crippen molar-refractivity contribution in [1.29, 1.82) is 0 Å². The van der Waals surface area contributed by atoms with Gasteiger partial charge in [0.25, 0.3) is 0 Å². The van der Waals surface area contributed by atoms with Crippen LogP contribution in [0, 0.1) is 0 Å². The molecule has 10 heavy (non-hydrogen) atoms. The van der Waals surface area contributed by atoms with Gasteiger partial charge in [0.1, 0.15) is 11.3 Å². The number of nitrogens with zero attached hydrogens (tertiary/aromatic N) is 1. The molecular weight excluding hydrogens is 148 g/mol. The summed E-state index contributed by atoms with van der Waals surface area (Å²) in [5.74, 6) is 0. The van der Waals surface area contributed by atoms with E-state index in [9.17, 15) is 4.79 Å². The van der Waals surface area contributed by atoms with E-state index in [1.54, 1.807) is 6.20 Å². The van der Waals surface area contributed by atoms with E-state index in [1.165, 1.54) is 11.3 Å². The van der Waals surface area contributed by atoms with Gasteiger partial charge in [-0.3, -0.25) is 0 Å². The topological polar surface area (TPSA) is 56.0 Å². The second-order valence-electron chi connectivity index (χ2n) is 1.88. The van der Waals surface area contributed by atoms with E-state index in [2.05, 4.69) is 4.98 Å². The Morgan fingerprint density at radius 1 is 1.90 bits per heavy atom.